The Kier molecular flexibility index (Phi) is 6.64. The Labute approximate surface area is 221 Å². The van der Waals surface area contributed by atoms with Gasteiger partial charge in [0.1, 0.15) is 22.6 Å². The molecule has 0 saturated heterocycles. The summed E-state index contributed by atoms with van der Waals surface area (Å²) in [7, 11) is 5.84. The van der Waals surface area contributed by atoms with E-state index >= 15 is 4.39 Å². The molecule has 1 unspecified atom stereocenters. The van der Waals surface area contributed by atoms with E-state index in [2.05, 4.69) is 8.75 Å². The van der Waals surface area contributed by atoms with Gasteiger partial charge in [-0.15, -0.1) is 0 Å². The first kappa shape index (κ1) is 25.4. The molecule has 196 valence electrons. The van der Waals surface area contributed by atoms with E-state index in [1.54, 1.807) is 30.3 Å². The van der Waals surface area contributed by atoms with E-state index in [1.165, 1.54) is 40.6 Å². The quantitative estimate of drug-likeness (QED) is 0.329. The van der Waals surface area contributed by atoms with Crippen LogP contribution in [0.25, 0.3) is 16.6 Å². The van der Waals surface area contributed by atoms with Crippen LogP contribution in [0.1, 0.15) is 16.7 Å². The lowest BCUT2D eigenvalue weighted by atomic mass is 9.87. The number of carbonyl (C=O) groups excluding carboxylic acids is 1. The van der Waals surface area contributed by atoms with Crippen molar-refractivity contribution in [1.29, 1.82) is 0 Å². The van der Waals surface area contributed by atoms with Gasteiger partial charge in [-0.1, -0.05) is 6.07 Å². The SMILES string of the molecule is COc1ccc(C2(O)OC(=O)C(c3ccc4nsnc4c3)=C2Cc2cc(OC)c(OC)c(OC)c2)c(F)c1. The van der Waals surface area contributed by atoms with Crippen molar-refractivity contribution in [2.45, 2.75) is 12.2 Å². The molecule has 4 aromatic rings. The second-order valence-corrected chi connectivity index (χ2v) is 8.94. The predicted molar refractivity (Wildman–Crippen MR) is 137 cm³/mol. The Hall–Kier alpha value is -4.22. The van der Waals surface area contributed by atoms with Gasteiger partial charge in [-0.05, 0) is 47.5 Å². The summed E-state index contributed by atoms with van der Waals surface area (Å²) < 4.78 is 50.7. The highest BCUT2D eigenvalue weighted by atomic mass is 32.1. The van der Waals surface area contributed by atoms with Crippen molar-refractivity contribution < 1.29 is 38.0 Å². The molecule has 1 aliphatic rings. The van der Waals surface area contributed by atoms with Gasteiger partial charge in [-0.3, -0.25) is 0 Å². The number of esters is 1. The number of rotatable bonds is 8. The summed E-state index contributed by atoms with van der Waals surface area (Å²) in [6, 6.07) is 12.4. The fourth-order valence-corrected chi connectivity index (χ4v) is 5.05. The Morgan fingerprint density at radius 1 is 0.921 bits per heavy atom. The molecule has 0 bridgehead atoms. The molecular weight excluding hydrogens is 515 g/mol. The number of hydrogen-bond donors (Lipinski definition) is 1. The molecular formula is C27H23FN2O7S. The Balaban J connectivity index is 1.73. The van der Waals surface area contributed by atoms with Crippen molar-refractivity contribution >= 4 is 34.3 Å². The number of aliphatic hydroxyl groups is 1. The van der Waals surface area contributed by atoms with Crippen LogP contribution in [0.5, 0.6) is 23.0 Å². The summed E-state index contributed by atoms with van der Waals surface area (Å²) >= 11 is 1.04. The summed E-state index contributed by atoms with van der Waals surface area (Å²) in [6.45, 7) is 0. The first-order valence-electron chi connectivity index (χ1n) is 11.4. The Bertz CT molecular complexity index is 1560. The van der Waals surface area contributed by atoms with Crippen LogP contribution in [-0.2, 0) is 21.7 Å². The van der Waals surface area contributed by atoms with E-state index in [4.69, 9.17) is 23.7 Å². The number of methoxy groups -OCH3 is 4. The topological polar surface area (TPSA) is 109 Å². The van der Waals surface area contributed by atoms with Gasteiger partial charge in [-0.25, -0.2) is 9.18 Å². The lowest BCUT2D eigenvalue weighted by Gasteiger charge is -2.26. The zero-order chi connectivity index (χ0) is 27.0. The average molecular weight is 539 g/mol. The van der Waals surface area contributed by atoms with E-state index in [1.807, 2.05) is 0 Å². The number of halogens is 1. The van der Waals surface area contributed by atoms with Crippen molar-refractivity contribution in [2.75, 3.05) is 28.4 Å². The van der Waals surface area contributed by atoms with Crippen molar-refractivity contribution in [3.05, 3.63) is 76.6 Å². The van der Waals surface area contributed by atoms with Crippen molar-refractivity contribution in [1.82, 2.24) is 8.75 Å². The number of nitrogens with zero attached hydrogens (tertiary/aromatic N) is 2. The standard InChI is InChI=1S/C27H23FN2O7S/c1-33-16-6-7-17(19(28)13-16)27(32)18(9-14-10-22(34-2)25(36-4)23(11-14)35-3)24(26(31)37-27)15-5-8-20-21(12-15)30-38-29-20/h5-8,10-13,32H,9H2,1-4H3. The van der Waals surface area contributed by atoms with Crippen LogP contribution in [-0.4, -0.2) is 48.3 Å². The van der Waals surface area contributed by atoms with Crippen LogP contribution in [0.15, 0.2) is 54.1 Å². The molecule has 0 fully saturated rings. The molecule has 3 aromatic carbocycles. The fraction of sp³-hybridized carbons (Fsp3) is 0.222. The molecule has 0 aliphatic carbocycles. The molecule has 38 heavy (non-hydrogen) atoms. The molecule has 9 nitrogen and oxygen atoms in total. The van der Waals surface area contributed by atoms with Gasteiger partial charge in [0.15, 0.2) is 11.5 Å². The molecule has 5 rings (SSSR count). The van der Waals surface area contributed by atoms with Gasteiger partial charge < -0.3 is 28.8 Å². The number of fused-ring (bicyclic) bond motifs is 1. The second-order valence-electron chi connectivity index (χ2n) is 8.41. The Morgan fingerprint density at radius 2 is 1.63 bits per heavy atom. The molecule has 0 radical (unpaired) electrons. The molecule has 0 spiro atoms. The molecule has 1 N–H and O–H groups in total. The van der Waals surface area contributed by atoms with E-state index in [9.17, 15) is 9.90 Å². The first-order chi connectivity index (χ1) is 18.3. The number of aromatic nitrogens is 2. The number of benzene rings is 3. The largest absolute Gasteiger partial charge is 0.497 e. The van der Waals surface area contributed by atoms with E-state index in [0.717, 1.165) is 17.8 Å². The second kappa shape index (κ2) is 9.92. The van der Waals surface area contributed by atoms with Gasteiger partial charge in [0, 0.05) is 18.1 Å². The van der Waals surface area contributed by atoms with Crippen molar-refractivity contribution in [3.8, 4) is 23.0 Å². The van der Waals surface area contributed by atoms with Gasteiger partial charge in [0.2, 0.25) is 5.75 Å². The van der Waals surface area contributed by atoms with Crippen LogP contribution < -0.4 is 18.9 Å². The van der Waals surface area contributed by atoms with Crippen molar-refractivity contribution in [2.24, 2.45) is 0 Å². The minimum atomic E-state index is -2.40. The summed E-state index contributed by atoms with van der Waals surface area (Å²) in [6.07, 6.45) is -0.0207. The smallest absolute Gasteiger partial charge is 0.342 e. The maximum Gasteiger partial charge on any atom is 0.342 e. The number of hydrogen-bond acceptors (Lipinski definition) is 10. The maximum absolute atomic E-state index is 15.3. The molecule has 1 aliphatic heterocycles. The molecule has 2 heterocycles. The molecule has 0 saturated carbocycles. The summed E-state index contributed by atoms with van der Waals surface area (Å²) in [5, 5.41) is 11.9. The van der Waals surface area contributed by atoms with Gasteiger partial charge in [-0.2, -0.15) is 8.75 Å². The highest BCUT2D eigenvalue weighted by Gasteiger charge is 2.49. The van der Waals surface area contributed by atoms with E-state index in [0.29, 0.717) is 39.4 Å². The summed E-state index contributed by atoms with van der Waals surface area (Å²) in [4.78, 5) is 13.3. The summed E-state index contributed by atoms with van der Waals surface area (Å²) in [5.41, 5.74) is 2.26. The predicted octanol–water partition coefficient (Wildman–Crippen LogP) is 4.26. The highest BCUT2D eigenvalue weighted by Crippen LogP contribution is 2.47. The average Bonchev–Trinajstić information content (AvgIpc) is 3.49. The number of cyclic esters (lactones) is 1. The monoisotopic (exact) mass is 538 g/mol. The minimum absolute atomic E-state index is 0.0207. The maximum atomic E-state index is 15.3. The molecule has 11 heteroatoms. The third-order valence-electron chi connectivity index (χ3n) is 6.34. The van der Waals surface area contributed by atoms with E-state index in [-0.39, 0.29) is 28.9 Å². The van der Waals surface area contributed by atoms with Crippen LogP contribution in [0, 0.1) is 5.82 Å². The van der Waals surface area contributed by atoms with Crippen molar-refractivity contribution in [3.63, 3.8) is 0 Å². The zero-order valence-corrected chi connectivity index (χ0v) is 21.7. The van der Waals surface area contributed by atoms with Gasteiger partial charge in [0.05, 0.1) is 51.3 Å². The first-order valence-corrected chi connectivity index (χ1v) is 12.1. The number of ether oxygens (including phenoxy) is 5. The molecule has 0 amide bonds. The number of carbonyl (C=O) groups is 1. The van der Waals surface area contributed by atoms with Crippen LogP contribution in [0.4, 0.5) is 4.39 Å². The third kappa shape index (κ3) is 4.19. The fourth-order valence-electron chi connectivity index (χ4n) is 4.53. The zero-order valence-electron chi connectivity index (χ0n) is 20.9. The van der Waals surface area contributed by atoms with Crippen LogP contribution in [0.3, 0.4) is 0 Å². The van der Waals surface area contributed by atoms with Gasteiger partial charge in [0.25, 0.3) is 5.79 Å². The lowest BCUT2D eigenvalue weighted by molar-refractivity contribution is -0.186. The van der Waals surface area contributed by atoms with E-state index < -0.39 is 17.6 Å². The Morgan fingerprint density at radius 3 is 2.26 bits per heavy atom. The normalized spacial score (nSPS) is 17.1. The molecule has 1 atom stereocenters. The summed E-state index contributed by atoms with van der Waals surface area (Å²) in [5.74, 6) is -2.64. The van der Waals surface area contributed by atoms with Crippen LogP contribution >= 0.6 is 11.7 Å². The van der Waals surface area contributed by atoms with Crippen LogP contribution in [0.2, 0.25) is 0 Å². The van der Waals surface area contributed by atoms with Gasteiger partial charge >= 0.3 is 5.97 Å². The highest BCUT2D eigenvalue weighted by molar-refractivity contribution is 7.00. The molecule has 1 aromatic heterocycles. The lowest BCUT2D eigenvalue weighted by Crippen LogP contribution is -2.31. The minimum Gasteiger partial charge on any atom is -0.497 e. The third-order valence-corrected chi connectivity index (χ3v) is 6.90.